The van der Waals surface area contributed by atoms with E-state index in [1.54, 1.807) is 0 Å². The highest BCUT2D eigenvalue weighted by molar-refractivity contribution is 5.72. The van der Waals surface area contributed by atoms with E-state index in [1.807, 2.05) is 19.0 Å². The van der Waals surface area contributed by atoms with Crippen LogP contribution in [-0.4, -0.2) is 61.4 Å². The maximum absolute atomic E-state index is 10.6. The zero-order valence-electron chi connectivity index (χ0n) is 12.6. The molecule has 0 rings (SSSR count). The molecule has 0 aromatic heterocycles. The molecular weight excluding hydrogens is 266 g/mol. The number of nitrogens with two attached hydrogens (primary N) is 1. The third kappa shape index (κ3) is 16.5. The second-order valence-electron chi connectivity index (χ2n) is 4.58. The number of aliphatic carboxylic acids is 1. The summed E-state index contributed by atoms with van der Waals surface area (Å²) in [5, 5.41) is 10.6. The van der Waals surface area contributed by atoms with E-state index >= 15 is 0 Å². The van der Waals surface area contributed by atoms with E-state index in [9.17, 15) is 14.4 Å². The Balaban J connectivity index is 0. The first-order chi connectivity index (χ1) is 9.34. The van der Waals surface area contributed by atoms with Crippen LogP contribution in [0, 0.1) is 0 Å². The number of hydrogen-bond acceptors (Lipinski definition) is 5. The molecule has 1 atom stereocenters. The first-order valence-electron chi connectivity index (χ1n) is 6.63. The molecule has 0 bridgehead atoms. The van der Waals surface area contributed by atoms with Gasteiger partial charge in [0.1, 0.15) is 6.29 Å². The number of rotatable bonds is 9. The maximum Gasteiger partial charge on any atom is 0.304 e. The Morgan fingerprint density at radius 2 is 1.95 bits per heavy atom. The monoisotopic (exact) mass is 293 g/mol. The molecule has 1 amide bonds. The SMILES string of the molecule is [13CH3]C(=O)NCCCCC(C=O)N([13CH3])[13CH3].[15NH2]CCC(=O)O. The predicted octanol–water partition coefficient (Wildman–Crippen LogP) is -0.158. The van der Waals surface area contributed by atoms with Gasteiger partial charge in [0.15, 0.2) is 0 Å². The molecule has 0 aliphatic carbocycles. The van der Waals surface area contributed by atoms with Gasteiger partial charge in [-0.15, -0.1) is 0 Å². The van der Waals surface area contributed by atoms with Crippen molar-refractivity contribution in [3.63, 3.8) is 0 Å². The molecule has 7 heteroatoms. The molecule has 1 unspecified atom stereocenters. The van der Waals surface area contributed by atoms with E-state index in [4.69, 9.17) is 10.8 Å². The number of amides is 1. The Bertz CT molecular complexity index is 283. The summed E-state index contributed by atoms with van der Waals surface area (Å²) in [7, 11) is 3.79. The molecule has 0 saturated carbocycles. The van der Waals surface area contributed by atoms with Crippen LogP contribution in [0.4, 0.5) is 0 Å². The predicted molar refractivity (Wildman–Crippen MR) is 77.4 cm³/mol. The van der Waals surface area contributed by atoms with E-state index in [2.05, 4.69) is 5.32 Å². The summed E-state index contributed by atoms with van der Waals surface area (Å²) >= 11 is 0. The van der Waals surface area contributed by atoms with Crippen LogP contribution in [0.25, 0.3) is 0 Å². The lowest BCUT2D eigenvalue weighted by Gasteiger charge is -2.17. The van der Waals surface area contributed by atoms with Gasteiger partial charge in [0, 0.05) is 20.0 Å². The molecule has 0 aromatic carbocycles. The molecule has 0 fully saturated rings. The zero-order valence-corrected chi connectivity index (χ0v) is 12.6. The van der Waals surface area contributed by atoms with Gasteiger partial charge in [-0.1, -0.05) is 0 Å². The number of hydrogen-bond donors (Lipinski definition) is 3. The fraction of sp³-hybridized carbons (Fsp3) is 0.769. The van der Waals surface area contributed by atoms with E-state index in [1.165, 1.54) is 6.92 Å². The topological polar surface area (TPSA) is 113 Å². The van der Waals surface area contributed by atoms with E-state index in [0.29, 0.717) is 6.54 Å². The molecule has 7 nitrogen and oxygen atoms in total. The number of likely N-dealkylation sites (N-methyl/N-ethyl adjacent to an activating group) is 1. The minimum Gasteiger partial charge on any atom is -0.481 e. The summed E-state index contributed by atoms with van der Waals surface area (Å²) in [6, 6.07) is 0.00679. The van der Waals surface area contributed by atoms with Crippen LogP contribution in [0.5, 0.6) is 0 Å². The summed E-state index contributed by atoms with van der Waals surface area (Å²) in [6.45, 7) is 2.44. The van der Waals surface area contributed by atoms with Gasteiger partial charge in [0.25, 0.3) is 0 Å². The van der Waals surface area contributed by atoms with Crippen molar-refractivity contribution in [2.75, 3.05) is 27.2 Å². The van der Waals surface area contributed by atoms with Crippen molar-refractivity contribution in [1.82, 2.24) is 10.2 Å². The number of unbranched alkanes of at least 4 members (excludes halogenated alkanes) is 1. The van der Waals surface area contributed by atoms with Gasteiger partial charge in [-0.3, -0.25) is 9.59 Å². The summed E-state index contributed by atoms with van der Waals surface area (Å²) in [4.78, 5) is 32.6. The number of nitrogens with one attached hydrogen (secondary N) is 1. The quantitative estimate of drug-likeness (QED) is 0.236. The van der Waals surface area contributed by atoms with E-state index in [0.717, 1.165) is 25.5 Å². The van der Waals surface area contributed by atoms with Crippen molar-refractivity contribution in [3.05, 3.63) is 0 Å². The van der Waals surface area contributed by atoms with Crippen LogP contribution in [0.3, 0.4) is 0 Å². The Kier molecular flexibility index (Phi) is 14.5. The Morgan fingerprint density at radius 1 is 1.35 bits per heavy atom. The second kappa shape index (κ2) is 14.0. The van der Waals surface area contributed by atoms with Crippen molar-refractivity contribution in [1.29, 1.82) is 0 Å². The van der Waals surface area contributed by atoms with Crippen molar-refractivity contribution in [2.24, 2.45) is 5.73 Å². The zero-order chi connectivity index (χ0) is 16.0. The average Bonchev–Trinajstić information content (AvgIpc) is 2.33. The molecule has 20 heavy (non-hydrogen) atoms. The maximum atomic E-state index is 10.6. The molecule has 0 aliphatic rings. The number of aldehydes is 1. The van der Waals surface area contributed by atoms with Crippen LogP contribution >= 0.6 is 0 Å². The van der Waals surface area contributed by atoms with Gasteiger partial charge in [-0.2, -0.15) is 0 Å². The van der Waals surface area contributed by atoms with Gasteiger partial charge in [-0.25, -0.2) is 0 Å². The lowest BCUT2D eigenvalue weighted by molar-refractivity contribution is -0.136. The molecule has 4 N–H and O–H groups in total. The highest BCUT2D eigenvalue weighted by Crippen LogP contribution is 2.02. The molecule has 0 spiro atoms. The summed E-state index contributed by atoms with van der Waals surface area (Å²) in [5.74, 6) is -0.831. The Morgan fingerprint density at radius 3 is 2.25 bits per heavy atom. The lowest BCUT2D eigenvalue weighted by atomic mass is 10.1. The van der Waals surface area contributed by atoms with Crippen LogP contribution in [0.2, 0.25) is 0 Å². The Hall–Kier alpha value is -1.47. The van der Waals surface area contributed by atoms with Crippen molar-refractivity contribution >= 4 is 18.2 Å². The third-order valence-electron chi connectivity index (χ3n) is 2.48. The lowest BCUT2D eigenvalue weighted by Crippen LogP contribution is -2.29. The minimum atomic E-state index is -0.836. The van der Waals surface area contributed by atoms with Crippen molar-refractivity contribution in [2.45, 2.75) is 38.6 Å². The van der Waals surface area contributed by atoms with Gasteiger partial charge >= 0.3 is 5.97 Å². The van der Waals surface area contributed by atoms with Crippen LogP contribution in [-0.2, 0) is 14.4 Å². The average molecular weight is 293 g/mol. The standard InChI is InChI=1S/C10H20N2O2.C3H7NO2/c1-9(14)11-7-5-4-6-10(8-13)12(2)3;4-2-1-3(5)6/h8,10H,4-7H2,1-3H3,(H,11,14);1-2,4H2,(H,5,6)/i1+1,2+1,3+1;4+1. The largest absolute Gasteiger partial charge is 0.481 e. The van der Waals surface area contributed by atoms with Gasteiger partial charge in [-0.05, 0) is 33.4 Å². The molecule has 0 aliphatic heterocycles. The normalized spacial score (nSPS) is 11.2. The smallest absolute Gasteiger partial charge is 0.304 e. The van der Waals surface area contributed by atoms with Crippen molar-refractivity contribution < 1.29 is 19.5 Å². The number of carboxylic acid groups (broad SMARTS) is 1. The molecule has 0 aromatic rings. The first-order valence-corrected chi connectivity index (χ1v) is 6.63. The highest BCUT2D eigenvalue weighted by atomic mass is 16.4. The molecule has 118 valence electrons. The van der Waals surface area contributed by atoms with Crippen LogP contribution in [0.15, 0.2) is 0 Å². The van der Waals surface area contributed by atoms with Crippen LogP contribution in [0.1, 0.15) is 32.6 Å². The minimum absolute atomic E-state index is 0.00421. The van der Waals surface area contributed by atoms with E-state index in [-0.39, 0.29) is 24.9 Å². The summed E-state index contributed by atoms with van der Waals surface area (Å²) in [6.07, 6.45) is 3.79. The van der Waals surface area contributed by atoms with Gasteiger partial charge in [0.05, 0.1) is 12.5 Å². The second-order valence-corrected chi connectivity index (χ2v) is 4.58. The summed E-state index contributed by atoms with van der Waals surface area (Å²) in [5.41, 5.74) is 4.85. The van der Waals surface area contributed by atoms with Gasteiger partial charge < -0.3 is 25.9 Å². The first kappa shape index (κ1) is 20.8. The van der Waals surface area contributed by atoms with Crippen molar-refractivity contribution in [3.8, 4) is 0 Å². The number of nitrogens with zero attached hydrogens (tertiary/aromatic N) is 1. The Labute approximate surface area is 120 Å². The highest BCUT2D eigenvalue weighted by Gasteiger charge is 2.08. The van der Waals surface area contributed by atoms with Gasteiger partial charge in [0.2, 0.25) is 5.91 Å². The number of carboxylic acids is 1. The fourth-order valence-electron chi connectivity index (χ4n) is 1.31. The van der Waals surface area contributed by atoms with E-state index < -0.39 is 5.97 Å². The number of carbonyl (C=O) groups is 3. The number of carbonyl (C=O) groups excluding carboxylic acids is 2. The van der Waals surface area contributed by atoms with Crippen LogP contribution < -0.4 is 11.1 Å². The molecule has 0 saturated heterocycles. The fourth-order valence-corrected chi connectivity index (χ4v) is 1.31. The third-order valence-corrected chi connectivity index (χ3v) is 2.48. The molecular formula is C13H27N3O4. The summed E-state index contributed by atoms with van der Waals surface area (Å²) < 4.78 is 0. The molecule has 0 heterocycles. The molecule has 0 radical (unpaired) electrons.